The topological polar surface area (TPSA) is 119 Å². The number of piperazine rings is 1. The van der Waals surface area contributed by atoms with Crippen molar-refractivity contribution < 1.29 is 27.2 Å². The highest BCUT2D eigenvalue weighted by atomic mass is 32.1. The zero-order valence-corrected chi connectivity index (χ0v) is 20.6. The molecule has 1 saturated heterocycles. The molecule has 10 nitrogen and oxygen atoms in total. The number of pyridine rings is 1. The van der Waals surface area contributed by atoms with Gasteiger partial charge in [0.1, 0.15) is 5.82 Å². The number of hydrogen-bond donors (Lipinski definition) is 3. The van der Waals surface area contributed by atoms with Crippen LogP contribution in [-0.2, 0) is 6.18 Å². The third kappa shape index (κ3) is 5.28. The molecule has 3 aromatic heterocycles. The molecule has 38 heavy (non-hydrogen) atoms. The first-order valence-electron chi connectivity index (χ1n) is 11.3. The zero-order valence-electron chi connectivity index (χ0n) is 19.8. The van der Waals surface area contributed by atoms with Crippen LogP contribution >= 0.6 is 11.3 Å². The minimum Gasteiger partial charge on any atom is -0.336 e. The Bertz CT molecular complexity index is 1510. The average molecular weight is 549 g/mol. The Hall–Kier alpha value is -4.11. The Morgan fingerprint density at radius 1 is 1.08 bits per heavy atom. The summed E-state index contributed by atoms with van der Waals surface area (Å²) in [6.45, 7) is 2.69. The zero-order chi connectivity index (χ0) is 27.0. The summed E-state index contributed by atoms with van der Waals surface area (Å²) in [4.78, 5) is 38.6. The lowest BCUT2D eigenvalue weighted by molar-refractivity contribution is -0.137. The van der Waals surface area contributed by atoms with Gasteiger partial charge in [0.05, 0.1) is 39.0 Å². The molecule has 0 spiro atoms. The molecular formula is C23H20F4N8O2S. The van der Waals surface area contributed by atoms with E-state index in [1.807, 2.05) is 7.05 Å². The van der Waals surface area contributed by atoms with Crippen molar-refractivity contribution in [2.45, 2.75) is 6.18 Å². The Kier molecular flexibility index (Phi) is 6.71. The molecule has 0 aliphatic carbocycles. The first-order valence-corrected chi connectivity index (χ1v) is 12.1. The van der Waals surface area contributed by atoms with Crippen molar-refractivity contribution in [2.75, 3.05) is 43.9 Å². The Balaban J connectivity index is 1.35. The van der Waals surface area contributed by atoms with E-state index in [1.165, 1.54) is 12.4 Å². The largest absolute Gasteiger partial charge is 0.416 e. The fourth-order valence-electron chi connectivity index (χ4n) is 3.91. The van der Waals surface area contributed by atoms with Gasteiger partial charge in [-0.1, -0.05) is 11.3 Å². The molecule has 5 rings (SSSR count). The second kappa shape index (κ2) is 9.98. The van der Waals surface area contributed by atoms with Crippen LogP contribution in [0.2, 0.25) is 0 Å². The van der Waals surface area contributed by atoms with Crippen LogP contribution < -0.4 is 10.6 Å². The van der Waals surface area contributed by atoms with Crippen LogP contribution in [0.15, 0.2) is 36.7 Å². The standard InChI is InChI=1S/C23H20F4N8O2S/c1-34-4-6-35(7-5-34)20(36)13-9-17(30-19-14(13)10-29-33-19)18-11-28-22(38-18)32-21(37)31-16-8-12(23(25,26)27)2-3-15(16)24/h2-3,8-11H,4-7H2,1H3,(H,29,30,33)(H2,28,31,32,37). The van der Waals surface area contributed by atoms with Gasteiger partial charge in [-0.3, -0.25) is 15.2 Å². The van der Waals surface area contributed by atoms with Crippen LogP contribution in [0.5, 0.6) is 0 Å². The van der Waals surface area contributed by atoms with Gasteiger partial charge in [-0.05, 0) is 31.3 Å². The monoisotopic (exact) mass is 548 g/mol. The number of halogens is 4. The number of aromatic nitrogens is 4. The number of nitrogens with one attached hydrogen (secondary N) is 3. The van der Waals surface area contributed by atoms with E-state index in [0.717, 1.165) is 24.4 Å². The number of anilines is 2. The van der Waals surface area contributed by atoms with Gasteiger partial charge in [-0.25, -0.2) is 19.2 Å². The van der Waals surface area contributed by atoms with E-state index in [0.29, 0.717) is 58.5 Å². The molecule has 4 heterocycles. The fourth-order valence-corrected chi connectivity index (χ4v) is 4.68. The second-order valence-electron chi connectivity index (χ2n) is 8.58. The molecule has 198 valence electrons. The highest BCUT2D eigenvalue weighted by Crippen LogP contribution is 2.33. The number of amides is 3. The lowest BCUT2D eigenvalue weighted by atomic mass is 10.1. The third-order valence-electron chi connectivity index (χ3n) is 5.96. The van der Waals surface area contributed by atoms with Crippen molar-refractivity contribution in [3.8, 4) is 10.6 Å². The summed E-state index contributed by atoms with van der Waals surface area (Å²) in [7, 11) is 1.99. The molecule has 0 atom stereocenters. The number of rotatable bonds is 4. The van der Waals surface area contributed by atoms with Crippen LogP contribution in [-0.4, -0.2) is 75.1 Å². The van der Waals surface area contributed by atoms with E-state index in [9.17, 15) is 27.2 Å². The summed E-state index contributed by atoms with van der Waals surface area (Å²) in [5.41, 5.74) is -0.501. The van der Waals surface area contributed by atoms with Crippen LogP contribution in [0.3, 0.4) is 0 Å². The van der Waals surface area contributed by atoms with E-state index in [1.54, 1.807) is 11.0 Å². The molecule has 1 aliphatic heterocycles. The highest BCUT2D eigenvalue weighted by Gasteiger charge is 2.31. The SMILES string of the molecule is CN1CCN(C(=O)c2cc(-c3cnc(NC(=O)Nc4cc(C(F)(F)F)ccc4F)s3)nc3[nH]ncc23)CC1. The summed E-state index contributed by atoms with van der Waals surface area (Å²) < 4.78 is 52.7. The smallest absolute Gasteiger partial charge is 0.336 e. The Labute approximate surface area is 216 Å². The number of likely N-dealkylation sites (N-methyl/N-ethyl adjacent to an activating group) is 1. The summed E-state index contributed by atoms with van der Waals surface area (Å²) in [5.74, 6) is -1.18. The molecule has 0 saturated carbocycles. The maximum absolute atomic E-state index is 14.0. The lowest BCUT2D eigenvalue weighted by Gasteiger charge is -2.32. The van der Waals surface area contributed by atoms with Crippen molar-refractivity contribution >= 4 is 45.1 Å². The quantitative estimate of drug-likeness (QED) is 0.328. The minimum absolute atomic E-state index is 0.0864. The molecule has 1 aromatic carbocycles. The number of thiazole rings is 1. The molecule has 1 fully saturated rings. The number of hydrogen-bond acceptors (Lipinski definition) is 7. The van der Waals surface area contributed by atoms with Gasteiger partial charge >= 0.3 is 12.2 Å². The number of aromatic amines is 1. The van der Waals surface area contributed by atoms with Gasteiger partial charge in [-0.2, -0.15) is 18.3 Å². The van der Waals surface area contributed by atoms with Crippen LogP contribution in [0.25, 0.3) is 21.6 Å². The lowest BCUT2D eigenvalue weighted by Crippen LogP contribution is -2.47. The maximum Gasteiger partial charge on any atom is 0.416 e. The Morgan fingerprint density at radius 2 is 1.84 bits per heavy atom. The molecule has 0 radical (unpaired) electrons. The molecule has 3 amide bonds. The molecular weight excluding hydrogens is 528 g/mol. The fraction of sp³-hybridized carbons (Fsp3) is 0.261. The second-order valence-corrected chi connectivity index (χ2v) is 9.61. The number of carbonyl (C=O) groups excluding carboxylic acids is 2. The average Bonchev–Trinajstić information content (AvgIpc) is 3.53. The molecule has 1 aliphatic rings. The van der Waals surface area contributed by atoms with Gasteiger partial charge in [0.2, 0.25) is 0 Å². The minimum atomic E-state index is -4.70. The number of benzene rings is 1. The van der Waals surface area contributed by atoms with Gasteiger partial charge in [0, 0.05) is 32.4 Å². The highest BCUT2D eigenvalue weighted by molar-refractivity contribution is 7.19. The van der Waals surface area contributed by atoms with Crippen molar-refractivity contribution in [1.29, 1.82) is 0 Å². The van der Waals surface area contributed by atoms with Gasteiger partial charge in [-0.15, -0.1) is 0 Å². The van der Waals surface area contributed by atoms with Gasteiger partial charge in [0.15, 0.2) is 10.8 Å². The number of alkyl halides is 3. The molecule has 0 bridgehead atoms. The predicted molar refractivity (Wildman–Crippen MR) is 132 cm³/mol. The number of H-pyrrole nitrogens is 1. The van der Waals surface area contributed by atoms with Crippen molar-refractivity contribution in [3.63, 3.8) is 0 Å². The van der Waals surface area contributed by atoms with Gasteiger partial charge in [0.25, 0.3) is 5.91 Å². The molecule has 3 N–H and O–H groups in total. The number of nitrogens with zero attached hydrogens (tertiary/aromatic N) is 5. The summed E-state index contributed by atoms with van der Waals surface area (Å²) in [5, 5.41) is 11.9. The van der Waals surface area contributed by atoms with E-state index in [2.05, 4.69) is 35.7 Å². The van der Waals surface area contributed by atoms with Gasteiger partial charge < -0.3 is 15.1 Å². The molecule has 4 aromatic rings. The van der Waals surface area contributed by atoms with E-state index in [-0.39, 0.29) is 11.0 Å². The third-order valence-corrected chi connectivity index (χ3v) is 6.90. The maximum atomic E-state index is 14.0. The van der Waals surface area contributed by atoms with Crippen LogP contribution in [0.4, 0.5) is 33.2 Å². The summed E-state index contributed by atoms with van der Waals surface area (Å²) >= 11 is 1.02. The normalized spacial score (nSPS) is 14.6. The van der Waals surface area contributed by atoms with Crippen molar-refractivity contribution in [2.24, 2.45) is 0 Å². The molecule has 15 heteroatoms. The number of carbonyl (C=O) groups is 2. The number of fused-ring (bicyclic) bond motifs is 1. The number of urea groups is 1. The molecule has 0 unspecified atom stereocenters. The van der Waals surface area contributed by atoms with Crippen LogP contribution in [0.1, 0.15) is 15.9 Å². The van der Waals surface area contributed by atoms with Crippen LogP contribution in [0, 0.1) is 5.82 Å². The van der Waals surface area contributed by atoms with Crippen molar-refractivity contribution in [3.05, 3.63) is 53.6 Å². The summed E-state index contributed by atoms with van der Waals surface area (Å²) in [6, 6.07) is 2.36. The van der Waals surface area contributed by atoms with E-state index in [4.69, 9.17) is 0 Å². The predicted octanol–water partition coefficient (Wildman–Crippen LogP) is 4.27. The van der Waals surface area contributed by atoms with Crippen molar-refractivity contribution in [1.82, 2.24) is 30.0 Å². The van der Waals surface area contributed by atoms with E-state index < -0.39 is 29.3 Å². The van der Waals surface area contributed by atoms with E-state index >= 15 is 0 Å². The summed E-state index contributed by atoms with van der Waals surface area (Å²) in [6.07, 6.45) is -1.73. The first-order chi connectivity index (χ1) is 18.1. The Morgan fingerprint density at radius 3 is 2.58 bits per heavy atom. The first kappa shape index (κ1) is 25.5.